The Morgan fingerprint density at radius 1 is 1.09 bits per heavy atom. The van der Waals surface area contributed by atoms with E-state index in [1.807, 2.05) is 13.8 Å². The zero-order valence-corrected chi connectivity index (χ0v) is 14.9. The van der Waals surface area contributed by atoms with Gasteiger partial charge in [0.25, 0.3) is 10.1 Å². The molecule has 0 aromatic rings. The number of nitrogens with two attached hydrogens (primary N) is 1. The number of allylic oxidation sites excluding steroid dienone is 1. The van der Waals surface area contributed by atoms with Crippen molar-refractivity contribution < 1.29 is 27.2 Å². The van der Waals surface area contributed by atoms with Crippen LogP contribution in [0.4, 0.5) is 0 Å². The average Bonchev–Trinajstić information content (AvgIpc) is 2.49. The maximum absolute atomic E-state index is 12.2. The van der Waals surface area contributed by atoms with E-state index in [0.717, 1.165) is 18.4 Å². The third-order valence-corrected chi connectivity index (χ3v) is 4.13. The van der Waals surface area contributed by atoms with Crippen molar-refractivity contribution in [2.75, 3.05) is 32.1 Å². The number of carbonyl (C=O) groups is 1. The molecule has 0 aliphatic heterocycles. The Labute approximate surface area is 139 Å². The molecule has 0 bridgehead atoms. The van der Waals surface area contributed by atoms with Gasteiger partial charge in [-0.2, -0.15) is 8.42 Å². The van der Waals surface area contributed by atoms with Gasteiger partial charge in [-0.3, -0.25) is 4.55 Å². The maximum atomic E-state index is 12.2. The summed E-state index contributed by atoms with van der Waals surface area (Å²) in [4.78, 5) is 12.2. The van der Waals surface area contributed by atoms with Crippen molar-refractivity contribution in [1.82, 2.24) is 0 Å². The number of ether oxygens (including phenoxy) is 2. The van der Waals surface area contributed by atoms with Crippen LogP contribution in [0.2, 0.25) is 0 Å². The summed E-state index contributed by atoms with van der Waals surface area (Å²) in [7, 11) is -3.96. The van der Waals surface area contributed by atoms with Crippen molar-refractivity contribution >= 4 is 16.1 Å². The Bertz CT molecular complexity index is 466. The molecular weight excluding hydrogens is 322 g/mol. The van der Waals surface area contributed by atoms with Gasteiger partial charge in [-0.1, -0.05) is 19.4 Å². The molecule has 8 heteroatoms. The van der Waals surface area contributed by atoms with Gasteiger partial charge in [0.2, 0.25) is 0 Å². The van der Waals surface area contributed by atoms with E-state index in [4.69, 9.17) is 19.8 Å². The second-order valence-corrected chi connectivity index (χ2v) is 6.64. The number of rotatable bonds is 13. The summed E-state index contributed by atoms with van der Waals surface area (Å²) in [6, 6.07) is 0. The second kappa shape index (κ2) is 12.5. The summed E-state index contributed by atoms with van der Waals surface area (Å²) in [5.74, 6) is -0.678. The van der Waals surface area contributed by atoms with Crippen LogP contribution < -0.4 is 5.73 Å². The van der Waals surface area contributed by atoms with Crippen LogP contribution >= 0.6 is 0 Å². The highest BCUT2D eigenvalue weighted by molar-refractivity contribution is 7.85. The number of esters is 1. The van der Waals surface area contributed by atoms with E-state index in [-0.39, 0.29) is 18.3 Å². The minimum Gasteiger partial charge on any atom is -0.460 e. The molecule has 0 spiro atoms. The van der Waals surface area contributed by atoms with Crippen molar-refractivity contribution in [2.45, 2.75) is 46.0 Å². The molecule has 23 heavy (non-hydrogen) atoms. The zero-order chi connectivity index (χ0) is 17.7. The first-order valence-electron chi connectivity index (χ1n) is 7.96. The summed E-state index contributed by atoms with van der Waals surface area (Å²) >= 11 is 0. The molecule has 0 aromatic carbocycles. The molecule has 7 nitrogen and oxygen atoms in total. The van der Waals surface area contributed by atoms with Crippen LogP contribution in [0.25, 0.3) is 0 Å². The Kier molecular flexibility index (Phi) is 11.9. The maximum Gasteiger partial charge on any atom is 0.334 e. The van der Waals surface area contributed by atoms with Crippen LogP contribution in [0.15, 0.2) is 11.1 Å². The highest BCUT2D eigenvalue weighted by atomic mass is 32.2. The lowest BCUT2D eigenvalue weighted by Crippen LogP contribution is -2.16. The zero-order valence-electron chi connectivity index (χ0n) is 14.0. The standard InChI is InChI=1S/C15H29NO6S/c1-3-13(4-2)14(7-5-6-12-23(18,19)20)15(17)22-11-10-21-9-8-16/h3-12,16H2,1-2H3,(H,18,19,20). The molecule has 3 N–H and O–H groups in total. The SMILES string of the molecule is CCC(CC)=C(CCCCS(=O)(=O)O)C(=O)OCCOCCN. The first kappa shape index (κ1) is 22.0. The van der Waals surface area contributed by atoms with Crippen molar-refractivity contribution in [3.05, 3.63) is 11.1 Å². The van der Waals surface area contributed by atoms with E-state index in [9.17, 15) is 13.2 Å². The largest absolute Gasteiger partial charge is 0.460 e. The average molecular weight is 351 g/mol. The van der Waals surface area contributed by atoms with Crippen molar-refractivity contribution in [2.24, 2.45) is 5.73 Å². The smallest absolute Gasteiger partial charge is 0.334 e. The van der Waals surface area contributed by atoms with Crippen LogP contribution in [0.5, 0.6) is 0 Å². The molecule has 0 amide bonds. The Hall–Kier alpha value is -0.960. The molecule has 0 radical (unpaired) electrons. The van der Waals surface area contributed by atoms with Gasteiger partial charge in [0.15, 0.2) is 0 Å². The summed E-state index contributed by atoms with van der Waals surface area (Å²) < 4.78 is 40.5. The van der Waals surface area contributed by atoms with Gasteiger partial charge in [0.05, 0.1) is 19.0 Å². The summed E-state index contributed by atoms with van der Waals surface area (Å²) in [6.07, 6.45) is 2.72. The first-order chi connectivity index (χ1) is 10.9. The van der Waals surface area contributed by atoms with E-state index >= 15 is 0 Å². The van der Waals surface area contributed by atoms with Gasteiger partial charge in [-0.05, 0) is 32.1 Å². The van der Waals surface area contributed by atoms with Crippen LogP contribution in [-0.2, 0) is 24.4 Å². The molecule has 0 unspecified atom stereocenters. The molecule has 0 saturated carbocycles. The molecule has 0 saturated heterocycles. The quantitative estimate of drug-likeness (QED) is 0.224. The lowest BCUT2D eigenvalue weighted by molar-refractivity contribution is -0.140. The van der Waals surface area contributed by atoms with Crippen LogP contribution in [0, 0.1) is 0 Å². The number of carbonyl (C=O) groups excluding carboxylic acids is 1. The van der Waals surface area contributed by atoms with Crippen molar-refractivity contribution in [1.29, 1.82) is 0 Å². The third kappa shape index (κ3) is 11.2. The summed E-state index contributed by atoms with van der Waals surface area (Å²) in [6.45, 7) is 5.23. The molecule has 0 aliphatic rings. The fourth-order valence-electron chi connectivity index (χ4n) is 2.15. The fourth-order valence-corrected chi connectivity index (χ4v) is 2.72. The molecular formula is C15H29NO6S. The van der Waals surface area contributed by atoms with Gasteiger partial charge in [-0.15, -0.1) is 0 Å². The third-order valence-electron chi connectivity index (χ3n) is 3.33. The highest BCUT2D eigenvalue weighted by Gasteiger charge is 2.15. The topological polar surface area (TPSA) is 116 Å². The highest BCUT2D eigenvalue weighted by Crippen LogP contribution is 2.20. The lowest BCUT2D eigenvalue weighted by atomic mass is 9.98. The fraction of sp³-hybridized carbons (Fsp3) is 0.800. The van der Waals surface area contributed by atoms with Gasteiger partial charge in [0, 0.05) is 12.1 Å². The molecule has 0 aromatic heterocycles. The molecule has 0 atom stereocenters. The van der Waals surface area contributed by atoms with Crippen molar-refractivity contribution in [3.63, 3.8) is 0 Å². The minimum absolute atomic E-state index is 0.161. The van der Waals surface area contributed by atoms with Crippen molar-refractivity contribution in [3.8, 4) is 0 Å². The normalized spacial score (nSPS) is 11.3. The summed E-state index contributed by atoms with van der Waals surface area (Å²) in [5, 5.41) is 0. The molecule has 0 rings (SSSR count). The van der Waals surface area contributed by atoms with E-state index in [2.05, 4.69) is 0 Å². The van der Waals surface area contributed by atoms with Crippen LogP contribution in [-0.4, -0.2) is 51.1 Å². The van der Waals surface area contributed by atoms with E-state index in [1.54, 1.807) is 0 Å². The number of hydrogen-bond donors (Lipinski definition) is 2. The molecule has 136 valence electrons. The van der Waals surface area contributed by atoms with E-state index in [1.165, 1.54) is 0 Å². The number of hydrogen-bond acceptors (Lipinski definition) is 6. The van der Waals surface area contributed by atoms with Gasteiger partial charge in [-0.25, -0.2) is 4.79 Å². The van der Waals surface area contributed by atoms with Gasteiger partial charge >= 0.3 is 5.97 Å². The second-order valence-electron chi connectivity index (χ2n) is 5.07. The first-order valence-corrected chi connectivity index (χ1v) is 9.57. The Balaban J connectivity index is 4.52. The van der Waals surface area contributed by atoms with Crippen LogP contribution in [0.3, 0.4) is 0 Å². The number of unbranched alkanes of at least 4 members (excludes halogenated alkanes) is 1. The molecule has 0 heterocycles. The predicted octanol–water partition coefficient (Wildman–Crippen LogP) is 1.68. The van der Waals surface area contributed by atoms with E-state index in [0.29, 0.717) is 44.6 Å². The molecule has 0 aliphatic carbocycles. The summed E-state index contributed by atoms with van der Waals surface area (Å²) in [5.41, 5.74) is 6.90. The molecule has 0 fully saturated rings. The Morgan fingerprint density at radius 2 is 1.74 bits per heavy atom. The predicted molar refractivity (Wildman–Crippen MR) is 88.7 cm³/mol. The monoisotopic (exact) mass is 351 g/mol. The van der Waals surface area contributed by atoms with Crippen LogP contribution in [0.1, 0.15) is 46.0 Å². The van der Waals surface area contributed by atoms with E-state index < -0.39 is 10.1 Å². The van der Waals surface area contributed by atoms with Gasteiger partial charge < -0.3 is 15.2 Å². The Morgan fingerprint density at radius 3 is 2.26 bits per heavy atom. The van der Waals surface area contributed by atoms with Gasteiger partial charge in [0.1, 0.15) is 6.61 Å². The lowest BCUT2D eigenvalue weighted by Gasteiger charge is -2.13. The minimum atomic E-state index is -3.96.